The molecule has 5 nitrogen and oxygen atoms in total. The number of rotatable bonds is 5. The first-order chi connectivity index (χ1) is 11.6. The number of benzene rings is 1. The molecule has 1 saturated heterocycles. The zero-order valence-electron chi connectivity index (χ0n) is 14.5. The van der Waals surface area contributed by atoms with E-state index in [-0.39, 0.29) is 5.91 Å². The highest BCUT2D eigenvalue weighted by atomic mass is 16.2. The summed E-state index contributed by atoms with van der Waals surface area (Å²) in [5, 5.41) is 6.25. The van der Waals surface area contributed by atoms with Gasteiger partial charge in [-0.25, -0.2) is 0 Å². The van der Waals surface area contributed by atoms with E-state index < -0.39 is 0 Å². The predicted octanol–water partition coefficient (Wildman–Crippen LogP) is 1.78. The molecule has 1 aliphatic carbocycles. The van der Waals surface area contributed by atoms with E-state index in [1.807, 2.05) is 24.3 Å². The van der Waals surface area contributed by atoms with Crippen LogP contribution in [0.15, 0.2) is 24.3 Å². The number of hydrogen-bond acceptors (Lipinski definition) is 3. The van der Waals surface area contributed by atoms with Gasteiger partial charge in [0.25, 0.3) is 5.91 Å². The Labute approximate surface area is 143 Å². The number of nitrogens with zero attached hydrogens (tertiary/aromatic N) is 1. The minimum Gasteiger partial charge on any atom is -0.355 e. The summed E-state index contributed by atoms with van der Waals surface area (Å²) in [5.41, 5.74) is 1.85. The van der Waals surface area contributed by atoms with Gasteiger partial charge in [0.2, 0.25) is 5.91 Å². The highest BCUT2D eigenvalue weighted by Crippen LogP contribution is 2.32. The van der Waals surface area contributed by atoms with Gasteiger partial charge in [-0.1, -0.05) is 19.1 Å². The molecule has 2 fully saturated rings. The number of carbonyl (C=O) groups is 2. The molecule has 2 amide bonds. The van der Waals surface area contributed by atoms with E-state index in [0.29, 0.717) is 29.3 Å². The van der Waals surface area contributed by atoms with Crippen LogP contribution in [0.4, 0.5) is 0 Å². The van der Waals surface area contributed by atoms with Crippen LogP contribution in [0.1, 0.15) is 42.1 Å². The molecule has 1 saturated carbocycles. The number of amides is 2. The smallest absolute Gasteiger partial charge is 0.251 e. The SMILES string of the molecule is CNC(=O)c1ccc(CN[C@H]2CCN(C(=O)C3CC3)C[C@@H]2C)cc1. The third kappa shape index (κ3) is 3.96. The lowest BCUT2D eigenvalue weighted by Crippen LogP contribution is -2.50. The van der Waals surface area contributed by atoms with Crippen molar-refractivity contribution in [3.05, 3.63) is 35.4 Å². The summed E-state index contributed by atoms with van der Waals surface area (Å²) in [5.74, 6) is 1.09. The quantitative estimate of drug-likeness (QED) is 0.866. The number of piperidine rings is 1. The second-order valence-corrected chi connectivity index (χ2v) is 7.09. The van der Waals surface area contributed by atoms with Gasteiger partial charge in [0.15, 0.2) is 0 Å². The van der Waals surface area contributed by atoms with Crippen LogP contribution in [-0.2, 0) is 11.3 Å². The maximum absolute atomic E-state index is 12.2. The molecule has 5 heteroatoms. The number of likely N-dealkylation sites (tertiary alicyclic amines) is 1. The summed E-state index contributed by atoms with van der Waals surface area (Å²) in [6.07, 6.45) is 3.17. The van der Waals surface area contributed by atoms with Crippen molar-refractivity contribution >= 4 is 11.8 Å². The van der Waals surface area contributed by atoms with Crippen molar-refractivity contribution < 1.29 is 9.59 Å². The maximum Gasteiger partial charge on any atom is 0.251 e. The summed E-state index contributed by atoms with van der Waals surface area (Å²) in [4.78, 5) is 25.8. The second-order valence-electron chi connectivity index (χ2n) is 7.09. The zero-order chi connectivity index (χ0) is 17.1. The normalized spacial score (nSPS) is 23.8. The summed E-state index contributed by atoms with van der Waals surface area (Å²) >= 11 is 0. The molecule has 3 rings (SSSR count). The summed E-state index contributed by atoms with van der Waals surface area (Å²) in [6, 6.07) is 8.14. The molecule has 24 heavy (non-hydrogen) atoms. The predicted molar refractivity (Wildman–Crippen MR) is 93.5 cm³/mol. The molecule has 2 aliphatic rings. The molecule has 1 aliphatic heterocycles. The Balaban J connectivity index is 1.48. The molecule has 0 spiro atoms. The fraction of sp³-hybridized carbons (Fsp3) is 0.579. The molecule has 130 valence electrons. The van der Waals surface area contributed by atoms with Crippen molar-refractivity contribution in [2.75, 3.05) is 20.1 Å². The lowest BCUT2D eigenvalue weighted by molar-refractivity contribution is -0.134. The maximum atomic E-state index is 12.2. The van der Waals surface area contributed by atoms with Crippen molar-refractivity contribution in [1.82, 2.24) is 15.5 Å². The topological polar surface area (TPSA) is 61.4 Å². The molecular formula is C19H27N3O2. The fourth-order valence-electron chi connectivity index (χ4n) is 3.40. The van der Waals surface area contributed by atoms with Crippen LogP contribution in [0.25, 0.3) is 0 Å². The van der Waals surface area contributed by atoms with E-state index in [2.05, 4.69) is 22.5 Å². The molecule has 1 aromatic carbocycles. The molecule has 2 atom stereocenters. The monoisotopic (exact) mass is 329 g/mol. The van der Waals surface area contributed by atoms with E-state index >= 15 is 0 Å². The second kappa shape index (κ2) is 7.34. The first kappa shape index (κ1) is 17.0. The Hall–Kier alpha value is -1.88. The average Bonchev–Trinajstić information content (AvgIpc) is 3.45. The first-order valence-corrected chi connectivity index (χ1v) is 8.91. The van der Waals surface area contributed by atoms with Gasteiger partial charge in [-0.15, -0.1) is 0 Å². The minimum absolute atomic E-state index is 0.0594. The van der Waals surface area contributed by atoms with Crippen molar-refractivity contribution in [1.29, 1.82) is 0 Å². The molecule has 0 unspecified atom stereocenters. The highest BCUT2D eigenvalue weighted by Gasteiger charge is 2.36. The van der Waals surface area contributed by atoms with Gasteiger partial charge < -0.3 is 15.5 Å². The lowest BCUT2D eigenvalue weighted by Gasteiger charge is -2.37. The van der Waals surface area contributed by atoms with Gasteiger partial charge >= 0.3 is 0 Å². The largest absolute Gasteiger partial charge is 0.355 e. The molecule has 1 aromatic rings. The summed E-state index contributed by atoms with van der Waals surface area (Å²) in [7, 11) is 1.64. The third-order valence-corrected chi connectivity index (χ3v) is 5.16. The molecule has 0 radical (unpaired) electrons. The average molecular weight is 329 g/mol. The number of hydrogen-bond donors (Lipinski definition) is 2. The van der Waals surface area contributed by atoms with Crippen LogP contribution in [0, 0.1) is 11.8 Å². The van der Waals surface area contributed by atoms with Crippen LogP contribution in [0.3, 0.4) is 0 Å². The van der Waals surface area contributed by atoms with Crippen LogP contribution >= 0.6 is 0 Å². The zero-order valence-corrected chi connectivity index (χ0v) is 14.5. The van der Waals surface area contributed by atoms with E-state index in [0.717, 1.165) is 38.9 Å². The fourth-order valence-corrected chi connectivity index (χ4v) is 3.40. The Morgan fingerprint density at radius 2 is 1.88 bits per heavy atom. The standard InChI is InChI=1S/C19H27N3O2/c1-13-12-22(19(24)16-7-8-16)10-9-17(13)21-11-14-3-5-15(6-4-14)18(23)20-2/h3-6,13,16-17,21H,7-12H2,1-2H3,(H,20,23)/t13-,17-/m0/s1. The highest BCUT2D eigenvalue weighted by molar-refractivity contribution is 5.93. The molecule has 1 heterocycles. The van der Waals surface area contributed by atoms with E-state index in [9.17, 15) is 9.59 Å². The van der Waals surface area contributed by atoms with Gasteiger partial charge in [-0.2, -0.15) is 0 Å². The summed E-state index contributed by atoms with van der Waals surface area (Å²) in [6.45, 7) is 4.74. The molecule has 0 bridgehead atoms. The van der Waals surface area contributed by atoms with E-state index in [1.165, 1.54) is 5.56 Å². The van der Waals surface area contributed by atoms with Gasteiger partial charge in [-0.3, -0.25) is 9.59 Å². The summed E-state index contributed by atoms with van der Waals surface area (Å²) < 4.78 is 0. The van der Waals surface area contributed by atoms with Crippen molar-refractivity contribution in [3.8, 4) is 0 Å². The van der Waals surface area contributed by atoms with Gasteiger partial charge in [0.05, 0.1) is 0 Å². The van der Waals surface area contributed by atoms with E-state index in [1.54, 1.807) is 7.05 Å². The van der Waals surface area contributed by atoms with Gasteiger partial charge in [0.1, 0.15) is 0 Å². The molecular weight excluding hydrogens is 302 g/mol. The Morgan fingerprint density at radius 1 is 1.17 bits per heavy atom. The number of nitrogens with one attached hydrogen (secondary N) is 2. The van der Waals surface area contributed by atoms with Crippen LogP contribution < -0.4 is 10.6 Å². The van der Waals surface area contributed by atoms with Crippen molar-refractivity contribution in [3.63, 3.8) is 0 Å². The molecule has 0 aromatic heterocycles. The van der Waals surface area contributed by atoms with Crippen molar-refractivity contribution in [2.45, 2.75) is 38.8 Å². The van der Waals surface area contributed by atoms with Gasteiger partial charge in [0, 0.05) is 44.2 Å². The molecule has 2 N–H and O–H groups in total. The Morgan fingerprint density at radius 3 is 2.46 bits per heavy atom. The minimum atomic E-state index is -0.0594. The van der Waals surface area contributed by atoms with E-state index in [4.69, 9.17) is 0 Å². The third-order valence-electron chi connectivity index (χ3n) is 5.16. The van der Waals surface area contributed by atoms with Crippen LogP contribution in [0.5, 0.6) is 0 Å². The van der Waals surface area contributed by atoms with Crippen molar-refractivity contribution in [2.24, 2.45) is 11.8 Å². The Kier molecular flexibility index (Phi) is 5.19. The lowest BCUT2D eigenvalue weighted by atomic mass is 9.93. The van der Waals surface area contributed by atoms with Crippen LogP contribution in [-0.4, -0.2) is 42.9 Å². The van der Waals surface area contributed by atoms with Gasteiger partial charge in [-0.05, 0) is 42.9 Å². The van der Waals surface area contributed by atoms with Crippen LogP contribution in [0.2, 0.25) is 0 Å². The first-order valence-electron chi connectivity index (χ1n) is 8.91. The Bertz CT molecular complexity index is 595. The number of carbonyl (C=O) groups excluding carboxylic acids is 2.